The molecule has 0 saturated carbocycles. The third-order valence-electron chi connectivity index (χ3n) is 4.31. The highest BCUT2D eigenvalue weighted by molar-refractivity contribution is 5.90. The molecule has 2 N–H and O–H groups in total. The van der Waals surface area contributed by atoms with Crippen LogP contribution in [0.5, 0.6) is 5.75 Å². The highest BCUT2D eigenvalue weighted by Gasteiger charge is 2.10. The van der Waals surface area contributed by atoms with Crippen LogP contribution in [0.15, 0.2) is 48.5 Å². The molecule has 1 aliphatic heterocycles. The van der Waals surface area contributed by atoms with E-state index in [0.29, 0.717) is 13.0 Å². The number of rotatable bonds is 6. The zero-order valence-corrected chi connectivity index (χ0v) is 14.6. The smallest absolute Gasteiger partial charge is 0.227 e. The largest absolute Gasteiger partial charge is 0.493 e. The maximum atomic E-state index is 12.1. The highest BCUT2D eigenvalue weighted by atomic mass is 16.5. The van der Waals surface area contributed by atoms with Gasteiger partial charge in [-0.05, 0) is 42.8 Å². The van der Waals surface area contributed by atoms with Crippen molar-refractivity contribution in [3.8, 4) is 5.75 Å². The predicted molar refractivity (Wildman–Crippen MR) is 101 cm³/mol. The number of carbonyl (C=O) groups excluding carboxylic acids is 1. The van der Waals surface area contributed by atoms with Crippen LogP contribution in [-0.4, -0.2) is 38.7 Å². The van der Waals surface area contributed by atoms with Crippen molar-refractivity contribution in [2.75, 3.05) is 43.0 Å². The standard InChI is InChI=1S/C20H25N3O2/c1-16-4-2-3-5-19(16)25-15-10-20(24)22-17-6-8-18(9-7-17)23-13-11-21-12-14-23/h2-9,21H,10-15H2,1H3,(H,22,24). The Kier molecular flexibility index (Phi) is 5.90. The fourth-order valence-electron chi connectivity index (χ4n) is 2.87. The number of anilines is 2. The molecule has 5 heteroatoms. The zero-order valence-electron chi connectivity index (χ0n) is 14.6. The van der Waals surface area contributed by atoms with Crippen LogP contribution in [0.3, 0.4) is 0 Å². The Labute approximate surface area is 149 Å². The molecule has 0 radical (unpaired) electrons. The quantitative estimate of drug-likeness (QED) is 0.850. The summed E-state index contributed by atoms with van der Waals surface area (Å²) in [6, 6.07) is 15.9. The lowest BCUT2D eigenvalue weighted by atomic mass is 10.2. The van der Waals surface area contributed by atoms with Gasteiger partial charge >= 0.3 is 0 Å². The molecule has 25 heavy (non-hydrogen) atoms. The third kappa shape index (κ3) is 4.97. The molecular formula is C20H25N3O2. The number of para-hydroxylation sites is 1. The molecule has 1 saturated heterocycles. The van der Waals surface area contributed by atoms with Crippen molar-refractivity contribution in [1.82, 2.24) is 5.32 Å². The zero-order chi connectivity index (χ0) is 17.5. The maximum absolute atomic E-state index is 12.1. The van der Waals surface area contributed by atoms with Crippen LogP contribution in [0.25, 0.3) is 0 Å². The van der Waals surface area contributed by atoms with E-state index >= 15 is 0 Å². The first kappa shape index (κ1) is 17.3. The van der Waals surface area contributed by atoms with Crippen molar-refractivity contribution in [3.05, 3.63) is 54.1 Å². The molecule has 1 aliphatic rings. The van der Waals surface area contributed by atoms with Crippen LogP contribution >= 0.6 is 0 Å². The second-order valence-corrected chi connectivity index (χ2v) is 6.20. The molecule has 2 aromatic rings. The van der Waals surface area contributed by atoms with Crippen molar-refractivity contribution >= 4 is 17.3 Å². The summed E-state index contributed by atoms with van der Waals surface area (Å²) in [4.78, 5) is 14.4. The normalized spacial score (nSPS) is 14.2. The van der Waals surface area contributed by atoms with Gasteiger partial charge in [-0.2, -0.15) is 0 Å². The minimum absolute atomic E-state index is 0.0384. The monoisotopic (exact) mass is 339 g/mol. The summed E-state index contributed by atoms with van der Waals surface area (Å²) >= 11 is 0. The number of hydrogen-bond donors (Lipinski definition) is 2. The van der Waals surface area contributed by atoms with Gasteiger partial charge in [-0.3, -0.25) is 4.79 Å². The molecule has 1 heterocycles. The van der Waals surface area contributed by atoms with E-state index in [0.717, 1.165) is 43.2 Å². The Balaban J connectivity index is 1.45. The molecule has 5 nitrogen and oxygen atoms in total. The lowest BCUT2D eigenvalue weighted by molar-refractivity contribution is -0.116. The van der Waals surface area contributed by atoms with Gasteiger partial charge in [0.2, 0.25) is 5.91 Å². The van der Waals surface area contributed by atoms with Crippen molar-refractivity contribution in [2.24, 2.45) is 0 Å². The second-order valence-electron chi connectivity index (χ2n) is 6.20. The van der Waals surface area contributed by atoms with E-state index in [1.54, 1.807) is 0 Å². The van der Waals surface area contributed by atoms with Gasteiger partial charge in [-0.25, -0.2) is 0 Å². The Bertz CT molecular complexity index is 694. The molecule has 0 spiro atoms. The summed E-state index contributed by atoms with van der Waals surface area (Å²) < 4.78 is 5.67. The summed E-state index contributed by atoms with van der Waals surface area (Å²) in [5.41, 5.74) is 3.09. The van der Waals surface area contributed by atoms with E-state index in [2.05, 4.69) is 27.7 Å². The topological polar surface area (TPSA) is 53.6 Å². The molecule has 0 aromatic heterocycles. The Morgan fingerprint density at radius 3 is 2.56 bits per heavy atom. The lowest BCUT2D eigenvalue weighted by Crippen LogP contribution is -2.43. The fraction of sp³-hybridized carbons (Fsp3) is 0.350. The fourth-order valence-corrected chi connectivity index (χ4v) is 2.87. The molecule has 1 fully saturated rings. The molecule has 0 unspecified atom stereocenters. The van der Waals surface area contributed by atoms with E-state index in [-0.39, 0.29) is 5.91 Å². The van der Waals surface area contributed by atoms with Crippen LogP contribution in [0.4, 0.5) is 11.4 Å². The van der Waals surface area contributed by atoms with E-state index in [1.165, 1.54) is 5.69 Å². The molecule has 0 bridgehead atoms. The number of nitrogens with one attached hydrogen (secondary N) is 2. The van der Waals surface area contributed by atoms with Crippen molar-refractivity contribution in [3.63, 3.8) is 0 Å². The molecule has 3 rings (SSSR count). The van der Waals surface area contributed by atoms with Crippen LogP contribution in [-0.2, 0) is 4.79 Å². The average molecular weight is 339 g/mol. The van der Waals surface area contributed by atoms with Crippen LogP contribution in [0.1, 0.15) is 12.0 Å². The van der Waals surface area contributed by atoms with Crippen molar-refractivity contribution in [1.29, 1.82) is 0 Å². The predicted octanol–water partition coefficient (Wildman–Crippen LogP) is 2.81. The molecule has 0 aliphatic carbocycles. The summed E-state index contributed by atoms with van der Waals surface area (Å²) in [6.07, 6.45) is 0.327. The number of hydrogen-bond acceptors (Lipinski definition) is 4. The van der Waals surface area contributed by atoms with Crippen molar-refractivity contribution in [2.45, 2.75) is 13.3 Å². The Hall–Kier alpha value is -2.53. The number of nitrogens with zero attached hydrogens (tertiary/aromatic N) is 1. The first-order chi connectivity index (χ1) is 12.2. The van der Waals surface area contributed by atoms with Gasteiger partial charge in [0.15, 0.2) is 0 Å². The number of carbonyl (C=O) groups is 1. The van der Waals surface area contributed by atoms with Gasteiger partial charge in [-0.1, -0.05) is 18.2 Å². The number of amides is 1. The summed E-state index contributed by atoms with van der Waals surface area (Å²) in [6.45, 7) is 6.42. The van der Waals surface area contributed by atoms with Crippen molar-refractivity contribution < 1.29 is 9.53 Å². The van der Waals surface area contributed by atoms with E-state index in [9.17, 15) is 4.79 Å². The van der Waals surface area contributed by atoms with Crippen LogP contribution in [0.2, 0.25) is 0 Å². The minimum Gasteiger partial charge on any atom is -0.493 e. The van der Waals surface area contributed by atoms with Gasteiger partial charge in [-0.15, -0.1) is 0 Å². The third-order valence-corrected chi connectivity index (χ3v) is 4.31. The van der Waals surface area contributed by atoms with Gasteiger partial charge in [0.1, 0.15) is 5.75 Å². The van der Waals surface area contributed by atoms with Gasteiger partial charge in [0, 0.05) is 37.6 Å². The Morgan fingerprint density at radius 2 is 1.84 bits per heavy atom. The minimum atomic E-state index is -0.0384. The molecule has 2 aromatic carbocycles. The first-order valence-corrected chi connectivity index (χ1v) is 8.76. The molecular weight excluding hydrogens is 314 g/mol. The molecule has 132 valence electrons. The van der Waals surface area contributed by atoms with Gasteiger partial charge in [0.05, 0.1) is 13.0 Å². The Morgan fingerprint density at radius 1 is 1.12 bits per heavy atom. The number of ether oxygens (including phenoxy) is 1. The second kappa shape index (κ2) is 8.53. The summed E-state index contributed by atoms with van der Waals surface area (Å²) in [5, 5.41) is 6.27. The summed E-state index contributed by atoms with van der Waals surface area (Å²) in [7, 11) is 0. The number of aryl methyl sites for hydroxylation is 1. The number of benzene rings is 2. The van der Waals surface area contributed by atoms with E-state index < -0.39 is 0 Å². The van der Waals surface area contributed by atoms with Gasteiger partial charge in [0.25, 0.3) is 0 Å². The first-order valence-electron chi connectivity index (χ1n) is 8.76. The van der Waals surface area contributed by atoms with Crippen LogP contribution in [0, 0.1) is 6.92 Å². The van der Waals surface area contributed by atoms with E-state index in [4.69, 9.17) is 4.74 Å². The maximum Gasteiger partial charge on any atom is 0.227 e. The molecule has 1 amide bonds. The average Bonchev–Trinajstić information content (AvgIpc) is 2.65. The molecule has 0 atom stereocenters. The number of piperazine rings is 1. The van der Waals surface area contributed by atoms with E-state index in [1.807, 2.05) is 43.3 Å². The highest BCUT2D eigenvalue weighted by Crippen LogP contribution is 2.19. The van der Waals surface area contributed by atoms with Gasteiger partial charge < -0.3 is 20.3 Å². The summed E-state index contributed by atoms with van der Waals surface area (Å²) in [5.74, 6) is 0.791. The SMILES string of the molecule is Cc1ccccc1OCCC(=O)Nc1ccc(N2CCNCC2)cc1. The lowest BCUT2D eigenvalue weighted by Gasteiger charge is -2.29. The van der Waals surface area contributed by atoms with Crippen LogP contribution < -0.4 is 20.3 Å².